The molecule has 0 saturated heterocycles. The van der Waals surface area contributed by atoms with Crippen LogP contribution < -0.4 is 5.73 Å². The Bertz CT molecular complexity index is 478. The van der Waals surface area contributed by atoms with E-state index in [-0.39, 0.29) is 6.42 Å². The molecule has 0 heterocycles. The van der Waals surface area contributed by atoms with Crippen molar-refractivity contribution in [3.63, 3.8) is 0 Å². The molecular formula is C14H21NO6. The third-order valence-electron chi connectivity index (χ3n) is 4.80. The number of fused-ring (bicyclic) bond motifs is 1. The van der Waals surface area contributed by atoms with Gasteiger partial charge in [-0.25, -0.2) is 0 Å². The third kappa shape index (κ3) is 2.50. The molecule has 3 N–H and O–H groups in total. The maximum absolute atomic E-state index is 12.0. The summed E-state index contributed by atoms with van der Waals surface area (Å²) in [6, 6.07) is 0. The zero-order chi connectivity index (χ0) is 15.8. The number of hydrogen-bond acceptors (Lipinski definition) is 6. The van der Waals surface area contributed by atoms with Gasteiger partial charge in [-0.2, -0.15) is 0 Å². The number of aliphatic carboxylic acids is 1. The van der Waals surface area contributed by atoms with Crippen molar-refractivity contribution in [2.75, 3.05) is 6.79 Å². The van der Waals surface area contributed by atoms with E-state index >= 15 is 0 Å². The van der Waals surface area contributed by atoms with Gasteiger partial charge in [0.1, 0.15) is 5.54 Å². The Morgan fingerprint density at radius 1 is 1.29 bits per heavy atom. The van der Waals surface area contributed by atoms with Gasteiger partial charge in [-0.1, -0.05) is 13.8 Å². The van der Waals surface area contributed by atoms with E-state index in [0.29, 0.717) is 19.3 Å². The minimum Gasteiger partial charge on any atom is -0.480 e. The summed E-state index contributed by atoms with van der Waals surface area (Å²) in [5, 5.41) is 9.25. The van der Waals surface area contributed by atoms with Crippen LogP contribution in [0.3, 0.4) is 0 Å². The van der Waals surface area contributed by atoms with Crippen molar-refractivity contribution in [1.29, 1.82) is 0 Å². The summed E-state index contributed by atoms with van der Waals surface area (Å²) < 4.78 is 9.68. The van der Waals surface area contributed by atoms with Crippen molar-refractivity contribution in [3.8, 4) is 0 Å². The Labute approximate surface area is 122 Å². The highest BCUT2D eigenvalue weighted by Gasteiger charge is 2.77. The number of nitrogens with two attached hydrogens (primary N) is 1. The molecule has 2 saturated carbocycles. The predicted molar refractivity (Wildman–Crippen MR) is 70.8 cm³/mol. The maximum atomic E-state index is 12.0. The van der Waals surface area contributed by atoms with Gasteiger partial charge < -0.3 is 20.3 Å². The van der Waals surface area contributed by atoms with Crippen molar-refractivity contribution in [1.82, 2.24) is 0 Å². The van der Waals surface area contributed by atoms with E-state index in [1.54, 1.807) is 0 Å². The average Bonchev–Trinajstić information content (AvgIpc) is 2.94. The quantitative estimate of drug-likeness (QED) is 0.546. The molecule has 0 spiro atoms. The molecule has 118 valence electrons. The molecule has 2 fully saturated rings. The Hall–Kier alpha value is -1.63. The predicted octanol–water partition coefficient (Wildman–Crippen LogP) is 0.659. The summed E-state index contributed by atoms with van der Waals surface area (Å²) in [7, 11) is 0. The molecule has 0 aromatic carbocycles. The summed E-state index contributed by atoms with van der Waals surface area (Å²) in [6.45, 7) is 3.26. The summed E-state index contributed by atoms with van der Waals surface area (Å²) in [6.07, 6.45) is 1.87. The first-order valence-corrected chi connectivity index (χ1v) is 7.12. The fourth-order valence-corrected chi connectivity index (χ4v) is 3.56. The monoisotopic (exact) mass is 299 g/mol. The second-order valence-corrected chi connectivity index (χ2v) is 6.15. The number of carboxylic acids is 1. The van der Waals surface area contributed by atoms with Gasteiger partial charge in [0, 0.05) is 12.3 Å². The molecule has 0 aliphatic heterocycles. The second-order valence-electron chi connectivity index (χ2n) is 6.15. The summed E-state index contributed by atoms with van der Waals surface area (Å²) in [5.74, 6) is -2.99. The second kappa shape index (κ2) is 5.29. The van der Waals surface area contributed by atoms with Crippen LogP contribution in [-0.2, 0) is 23.9 Å². The van der Waals surface area contributed by atoms with Crippen molar-refractivity contribution in [3.05, 3.63) is 0 Å². The zero-order valence-electron chi connectivity index (χ0n) is 12.3. The lowest BCUT2D eigenvalue weighted by Gasteiger charge is -2.21. The first kappa shape index (κ1) is 15.8. The van der Waals surface area contributed by atoms with Gasteiger partial charge in [0.2, 0.25) is 6.79 Å². The Morgan fingerprint density at radius 3 is 2.52 bits per heavy atom. The minimum absolute atomic E-state index is 0.270. The number of carboxylic acid groups (broad SMARTS) is 1. The van der Waals surface area contributed by atoms with Gasteiger partial charge >= 0.3 is 17.9 Å². The van der Waals surface area contributed by atoms with E-state index in [1.165, 1.54) is 0 Å². The van der Waals surface area contributed by atoms with Crippen LogP contribution in [0.5, 0.6) is 0 Å². The van der Waals surface area contributed by atoms with Crippen molar-refractivity contribution in [2.45, 2.75) is 45.1 Å². The van der Waals surface area contributed by atoms with Gasteiger partial charge in [-0.3, -0.25) is 14.4 Å². The van der Waals surface area contributed by atoms with E-state index < -0.39 is 47.5 Å². The molecule has 7 heteroatoms. The molecule has 0 aromatic heterocycles. The van der Waals surface area contributed by atoms with Crippen LogP contribution in [0, 0.1) is 17.3 Å². The normalized spacial score (nSPS) is 36.7. The van der Waals surface area contributed by atoms with Crippen LogP contribution in [0.4, 0.5) is 0 Å². The van der Waals surface area contributed by atoms with Gasteiger partial charge in [0.05, 0.1) is 5.92 Å². The number of carbonyl (C=O) groups excluding carboxylic acids is 2. The van der Waals surface area contributed by atoms with Crippen LogP contribution in [0.1, 0.15) is 39.5 Å². The number of carbonyl (C=O) groups is 3. The molecule has 4 atom stereocenters. The third-order valence-corrected chi connectivity index (χ3v) is 4.80. The minimum atomic E-state index is -1.36. The lowest BCUT2D eigenvalue weighted by molar-refractivity contribution is -0.169. The highest BCUT2D eigenvalue weighted by Crippen LogP contribution is 2.71. The molecule has 2 aliphatic rings. The Balaban J connectivity index is 1.88. The highest BCUT2D eigenvalue weighted by atomic mass is 16.7. The molecule has 0 unspecified atom stereocenters. The van der Waals surface area contributed by atoms with Gasteiger partial charge in [-0.15, -0.1) is 0 Å². The van der Waals surface area contributed by atoms with E-state index in [2.05, 4.69) is 0 Å². The Morgan fingerprint density at radius 2 is 1.95 bits per heavy atom. The number of ether oxygens (including phenoxy) is 2. The topological polar surface area (TPSA) is 116 Å². The first-order chi connectivity index (χ1) is 9.77. The van der Waals surface area contributed by atoms with Crippen molar-refractivity contribution < 1.29 is 29.0 Å². The number of rotatable bonds is 6. The van der Waals surface area contributed by atoms with Gasteiger partial charge in [-0.05, 0) is 24.7 Å². The number of esters is 2. The molecule has 0 radical (unpaired) electrons. The van der Waals surface area contributed by atoms with E-state index in [4.69, 9.17) is 15.2 Å². The molecule has 0 amide bonds. The maximum Gasteiger partial charge on any atom is 0.324 e. The summed E-state index contributed by atoms with van der Waals surface area (Å²) >= 11 is 0. The fourth-order valence-electron chi connectivity index (χ4n) is 3.56. The van der Waals surface area contributed by atoms with Crippen molar-refractivity contribution in [2.24, 2.45) is 23.0 Å². The van der Waals surface area contributed by atoms with E-state index in [9.17, 15) is 19.5 Å². The van der Waals surface area contributed by atoms with Gasteiger partial charge in [0.25, 0.3) is 0 Å². The molecule has 0 bridgehead atoms. The van der Waals surface area contributed by atoms with Crippen LogP contribution in [0.15, 0.2) is 0 Å². The summed E-state index contributed by atoms with van der Waals surface area (Å²) in [5.41, 5.74) is 4.14. The van der Waals surface area contributed by atoms with Crippen LogP contribution in [0.25, 0.3) is 0 Å². The fraction of sp³-hybridized carbons (Fsp3) is 0.786. The van der Waals surface area contributed by atoms with E-state index in [1.807, 2.05) is 13.8 Å². The van der Waals surface area contributed by atoms with Crippen LogP contribution >= 0.6 is 0 Å². The van der Waals surface area contributed by atoms with Crippen molar-refractivity contribution >= 4 is 17.9 Å². The number of hydrogen-bond donors (Lipinski definition) is 2. The standard InChI is InChI=1S/C14H21NO6/c1-3-4-8(16)20-7-21-11(17)9-10-13(9,2)5-6-14(10,15)12(18)19/h9-10H,3-7,15H2,1-2H3,(H,18,19)/t9-,10+,13-,14-/m0/s1. The SMILES string of the molecule is CCCC(=O)OCOC(=O)[C@@H]1[C@@H]2[C@@]1(C)CC[C@@]2(N)C(=O)O. The average molecular weight is 299 g/mol. The van der Waals surface area contributed by atoms with Gasteiger partial charge in [0.15, 0.2) is 0 Å². The van der Waals surface area contributed by atoms with Crippen LogP contribution in [0.2, 0.25) is 0 Å². The summed E-state index contributed by atoms with van der Waals surface area (Å²) in [4.78, 5) is 34.5. The largest absolute Gasteiger partial charge is 0.480 e. The zero-order valence-corrected chi connectivity index (χ0v) is 12.3. The molecule has 2 aliphatic carbocycles. The lowest BCUT2D eigenvalue weighted by atomic mass is 9.91. The van der Waals surface area contributed by atoms with Crippen LogP contribution in [-0.4, -0.2) is 35.3 Å². The smallest absolute Gasteiger partial charge is 0.324 e. The lowest BCUT2D eigenvalue weighted by Crippen LogP contribution is -2.49. The molecule has 2 rings (SSSR count). The molecular weight excluding hydrogens is 278 g/mol. The molecule has 0 aromatic rings. The molecule has 7 nitrogen and oxygen atoms in total. The Kier molecular flexibility index (Phi) is 3.97. The molecule has 21 heavy (non-hydrogen) atoms. The highest BCUT2D eigenvalue weighted by molar-refractivity contribution is 5.86. The van der Waals surface area contributed by atoms with E-state index in [0.717, 1.165) is 0 Å². The first-order valence-electron chi connectivity index (χ1n) is 7.12.